The van der Waals surface area contributed by atoms with Gasteiger partial charge in [-0.15, -0.1) is 0 Å². The minimum absolute atomic E-state index is 0.0255. The molecule has 4 heterocycles. The SMILES string of the molecule is Cc1c(CN2CCCN(C(=O)c3cn4c(C)cccc4n3)CC2)cnn1C. The molecule has 0 spiro atoms. The molecule has 142 valence electrons. The number of aryl methyl sites for hydroxylation is 2. The van der Waals surface area contributed by atoms with Crippen molar-refractivity contribution in [3.63, 3.8) is 0 Å². The van der Waals surface area contributed by atoms with Crippen molar-refractivity contribution in [3.8, 4) is 0 Å². The molecule has 3 aromatic heterocycles. The number of hydrogen-bond acceptors (Lipinski definition) is 4. The highest BCUT2D eigenvalue weighted by Crippen LogP contribution is 2.15. The van der Waals surface area contributed by atoms with Gasteiger partial charge < -0.3 is 9.30 Å². The second kappa shape index (κ2) is 7.15. The van der Waals surface area contributed by atoms with E-state index in [1.807, 2.05) is 58.5 Å². The van der Waals surface area contributed by atoms with Gasteiger partial charge >= 0.3 is 0 Å². The van der Waals surface area contributed by atoms with E-state index in [1.54, 1.807) is 0 Å². The van der Waals surface area contributed by atoms with Crippen molar-refractivity contribution in [1.29, 1.82) is 0 Å². The molecule has 1 saturated heterocycles. The van der Waals surface area contributed by atoms with Gasteiger partial charge in [-0.1, -0.05) is 6.07 Å². The fourth-order valence-electron chi connectivity index (χ4n) is 3.69. The maximum Gasteiger partial charge on any atom is 0.274 e. The van der Waals surface area contributed by atoms with Crippen LogP contribution in [0.5, 0.6) is 0 Å². The molecular formula is C20H26N6O. The van der Waals surface area contributed by atoms with Gasteiger partial charge in [0.15, 0.2) is 0 Å². The molecule has 0 N–H and O–H groups in total. The average molecular weight is 366 g/mol. The molecule has 7 heteroatoms. The monoisotopic (exact) mass is 366 g/mol. The third kappa shape index (κ3) is 3.47. The van der Waals surface area contributed by atoms with Crippen LogP contribution in [0.4, 0.5) is 0 Å². The Kier molecular flexibility index (Phi) is 4.70. The summed E-state index contributed by atoms with van der Waals surface area (Å²) in [6.07, 6.45) is 4.77. The molecule has 4 rings (SSSR count). The van der Waals surface area contributed by atoms with Gasteiger partial charge in [0, 0.05) is 62.9 Å². The number of carbonyl (C=O) groups excluding carboxylic acids is 1. The summed E-state index contributed by atoms with van der Waals surface area (Å²) in [7, 11) is 1.97. The van der Waals surface area contributed by atoms with Crippen LogP contribution in [0.1, 0.15) is 33.9 Å². The van der Waals surface area contributed by atoms with Crippen molar-refractivity contribution in [2.75, 3.05) is 26.2 Å². The Morgan fingerprint density at radius 2 is 2.00 bits per heavy atom. The smallest absolute Gasteiger partial charge is 0.274 e. The maximum atomic E-state index is 13.0. The lowest BCUT2D eigenvalue weighted by atomic mass is 10.2. The normalized spacial score (nSPS) is 16.0. The van der Waals surface area contributed by atoms with Gasteiger partial charge in [0.1, 0.15) is 11.3 Å². The average Bonchev–Trinajstić information content (AvgIpc) is 3.14. The van der Waals surface area contributed by atoms with Gasteiger partial charge in [-0.25, -0.2) is 4.98 Å². The summed E-state index contributed by atoms with van der Waals surface area (Å²) in [5, 5.41) is 4.33. The van der Waals surface area contributed by atoms with Crippen LogP contribution < -0.4 is 0 Å². The lowest BCUT2D eigenvalue weighted by molar-refractivity contribution is 0.0756. The lowest BCUT2D eigenvalue weighted by Gasteiger charge is -2.21. The Morgan fingerprint density at radius 1 is 1.15 bits per heavy atom. The number of hydrogen-bond donors (Lipinski definition) is 0. The molecule has 1 amide bonds. The van der Waals surface area contributed by atoms with E-state index in [9.17, 15) is 4.79 Å². The number of amides is 1. The number of pyridine rings is 1. The molecule has 0 bridgehead atoms. The zero-order valence-corrected chi connectivity index (χ0v) is 16.2. The van der Waals surface area contributed by atoms with E-state index in [-0.39, 0.29) is 5.91 Å². The Labute approximate surface area is 159 Å². The standard InChI is InChI=1S/C20H26N6O/c1-15-6-4-7-19-22-18(14-26(15)19)20(27)25-9-5-8-24(10-11-25)13-17-12-21-23(3)16(17)2/h4,6-7,12,14H,5,8-11,13H2,1-3H3. The quantitative estimate of drug-likeness (QED) is 0.712. The molecule has 0 unspecified atom stereocenters. The van der Waals surface area contributed by atoms with Crippen molar-refractivity contribution in [1.82, 2.24) is 29.0 Å². The van der Waals surface area contributed by atoms with Gasteiger partial charge in [0.05, 0.1) is 6.20 Å². The highest BCUT2D eigenvalue weighted by Gasteiger charge is 2.23. The molecule has 1 fully saturated rings. The largest absolute Gasteiger partial charge is 0.336 e. The van der Waals surface area contributed by atoms with Gasteiger partial charge in [0.2, 0.25) is 0 Å². The zero-order valence-electron chi connectivity index (χ0n) is 16.2. The zero-order chi connectivity index (χ0) is 19.0. The maximum absolute atomic E-state index is 13.0. The van der Waals surface area contributed by atoms with Gasteiger partial charge in [-0.2, -0.15) is 5.10 Å². The Hall–Kier alpha value is -2.67. The summed E-state index contributed by atoms with van der Waals surface area (Å²) in [6, 6.07) is 5.92. The molecule has 0 saturated carbocycles. The molecule has 3 aromatic rings. The molecule has 27 heavy (non-hydrogen) atoms. The fourth-order valence-corrected chi connectivity index (χ4v) is 3.69. The highest BCUT2D eigenvalue weighted by molar-refractivity contribution is 5.93. The number of aromatic nitrogens is 4. The molecule has 1 aliphatic heterocycles. The summed E-state index contributed by atoms with van der Waals surface area (Å²) in [6.45, 7) is 8.36. The summed E-state index contributed by atoms with van der Waals surface area (Å²) in [4.78, 5) is 21.8. The van der Waals surface area contributed by atoms with Crippen LogP contribution in [0.25, 0.3) is 5.65 Å². The summed E-state index contributed by atoms with van der Waals surface area (Å²) in [5.74, 6) is 0.0255. The van der Waals surface area contributed by atoms with Crippen LogP contribution in [0, 0.1) is 13.8 Å². The molecule has 0 aliphatic carbocycles. The molecule has 1 aliphatic rings. The summed E-state index contributed by atoms with van der Waals surface area (Å²) >= 11 is 0. The topological polar surface area (TPSA) is 58.7 Å². The van der Waals surface area contributed by atoms with Crippen LogP contribution in [-0.4, -0.2) is 61.1 Å². The number of imidazole rings is 1. The van der Waals surface area contributed by atoms with E-state index in [1.165, 1.54) is 11.3 Å². The number of nitrogens with zero attached hydrogens (tertiary/aromatic N) is 6. The van der Waals surface area contributed by atoms with E-state index in [2.05, 4.69) is 21.9 Å². The van der Waals surface area contributed by atoms with Crippen LogP contribution in [0.3, 0.4) is 0 Å². The van der Waals surface area contributed by atoms with E-state index in [0.717, 1.165) is 50.5 Å². The fraction of sp³-hybridized carbons (Fsp3) is 0.450. The van der Waals surface area contributed by atoms with E-state index < -0.39 is 0 Å². The van der Waals surface area contributed by atoms with Crippen LogP contribution in [0.15, 0.2) is 30.6 Å². The second-order valence-electron chi connectivity index (χ2n) is 7.32. The van der Waals surface area contributed by atoms with Crippen LogP contribution >= 0.6 is 0 Å². The minimum Gasteiger partial charge on any atom is -0.336 e. The number of fused-ring (bicyclic) bond motifs is 1. The molecule has 7 nitrogen and oxygen atoms in total. The van der Waals surface area contributed by atoms with E-state index >= 15 is 0 Å². The minimum atomic E-state index is 0.0255. The van der Waals surface area contributed by atoms with Crippen molar-refractivity contribution in [2.45, 2.75) is 26.8 Å². The van der Waals surface area contributed by atoms with Crippen molar-refractivity contribution in [3.05, 3.63) is 53.2 Å². The molecule has 0 aromatic carbocycles. The summed E-state index contributed by atoms with van der Waals surface area (Å²) in [5.41, 5.74) is 4.89. The first-order valence-electron chi connectivity index (χ1n) is 9.47. The molecular weight excluding hydrogens is 340 g/mol. The van der Waals surface area contributed by atoms with Crippen molar-refractivity contribution < 1.29 is 4.79 Å². The molecule has 0 atom stereocenters. The Balaban J connectivity index is 1.44. The van der Waals surface area contributed by atoms with Gasteiger partial charge in [-0.3, -0.25) is 14.4 Å². The van der Waals surface area contributed by atoms with E-state index in [4.69, 9.17) is 0 Å². The van der Waals surface area contributed by atoms with Crippen LogP contribution in [0.2, 0.25) is 0 Å². The first-order chi connectivity index (χ1) is 13.0. The summed E-state index contributed by atoms with van der Waals surface area (Å²) < 4.78 is 3.89. The predicted octanol–water partition coefficient (Wildman–Crippen LogP) is 2.03. The van der Waals surface area contributed by atoms with E-state index in [0.29, 0.717) is 5.69 Å². The first kappa shape index (κ1) is 17.7. The second-order valence-corrected chi connectivity index (χ2v) is 7.32. The Morgan fingerprint density at radius 3 is 2.74 bits per heavy atom. The third-order valence-electron chi connectivity index (χ3n) is 5.52. The van der Waals surface area contributed by atoms with Crippen LogP contribution in [-0.2, 0) is 13.6 Å². The van der Waals surface area contributed by atoms with Gasteiger partial charge in [-0.05, 0) is 32.4 Å². The van der Waals surface area contributed by atoms with Crippen molar-refractivity contribution >= 4 is 11.6 Å². The first-order valence-corrected chi connectivity index (χ1v) is 9.47. The predicted molar refractivity (Wildman–Crippen MR) is 104 cm³/mol. The number of rotatable bonds is 3. The van der Waals surface area contributed by atoms with Gasteiger partial charge in [0.25, 0.3) is 5.91 Å². The van der Waals surface area contributed by atoms with Crippen molar-refractivity contribution in [2.24, 2.45) is 7.05 Å². The molecule has 0 radical (unpaired) electrons. The Bertz CT molecular complexity index is 972. The number of carbonyl (C=O) groups is 1. The third-order valence-corrected chi connectivity index (χ3v) is 5.52. The lowest BCUT2D eigenvalue weighted by Crippen LogP contribution is -2.35. The highest BCUT2D eigenvalue weighted by atomic mass is 16.2.